The number of rotatable bonds is 4. The van der Waals surface area contributed by atoms with Crippen LogP contribution in [0.3, 0.4) is 0 Å². The van der Waals surface area contributed by atoms with Gasteiger partial charge in [-0.2, -0.15) is 0 Å². The summed E-state index contributed by atoms with van der Waals surface area (Å²) in [5.41, 5.74) is 0.427. The third-order valence-corrected chi connectivity index (χ3v) is 6.00. The van der Waals surface area contributed by atoms with Crippen LogP contribution in [0.2, 0.25) is 5.02 Å². The van der Waals surface area contributed by atoms with E-state index in [1.54, 1.807) is 31.2 Å². The van der Waals surface area contributed by atoms with Crippen LogP contribution in [0.15, 0.2) is 24.3 Å². The van der Waals surface area contributed by atoms with E-state index in [2.05, 4.69) is 0 Å². The Morgan fingerprint density at radius 1 is 1.35 bits per heavy atom. The SMILES string of the molecule is CC[C@](Cl)([C@H](O)c1ccc(Cl)cc1)S(C)(=O)=O. The van der Waals surface area contributed by atoms with E-state index in [1.165, 1.54) is 0 Å². The summed E-state index contributed by atoms with van der Waals surface area (Å²) in [7, 11) is -3.59. The second kappa shape index (κ2) is 5.14. The van der Waals surface area contributed by atoms with Crippen LogP contribution in [-0.4, -0.2) is 24.0 Å². The van der Waals surface area contributed by atoms with Crippen LogP contribution < -0.4 is 0 Å². The van der Waals surface area contributed by atoms with E-state index < -0.39 is 20.1 Å². The third kappa shape index (κ3) is 2.94. The number of aliphatic hydroxyl groups is 1. The minimum atomic E-state index is -3.59. The molecule has 0 spiro atoms. The molecule has 0 amide bonds. The van der Waals surface area contributed by atoms with Gasteiger partial charge in [-0.25, -0.2) is 8.42 Å². The highest BCUT2D eigenvalue weighted by molar-refractivity contribution is 7.93. The van der Waals surface area contributed by atoms with Crippen molar-refractivity contribution >= 4 is 33.0 Å². The Labute approximate surface area is 111 Å². The maximum atomic E-state index is 11.6. The molecule has 0 aromatic heterocycles. The Kier molecular flexibility index (Phi) is 4.47. The summed E-state index contributed by atoms with van der Waals surface area (Å²) in [6.07, 6.45) is -0.166. The van der Waals surface area contributed by atoms with Crippen LogP contribution in [-0.2, 0) is 9.84 Å². The number of sulfone groups is 1. The van der Waals surface area contributed by atoms with Gasteiger partial charge in [-0.05, 0) is 24.1 Å². The summed E-state index contributed by atoms with van der Waals surface area (Å²) in [5, 5.41) is 10.6. The molecule has 17 heavy (non-hydrogen) atoms. The number of halogens is 2. The summed E-state index contributed by atoms with van der Waals surface area (Å²) in [6, 6.07) is 6.28. The standard InChI is InChI=1S/C11H14Cl2O3S/c1-3-11(13,17(2,15)16)10(14)8-4-6-9(12)7-5-8/h4-7,10,14H,3H2,1-2H3/t10-,11-/m1/s1. The quantitative estimate of drug-likeness (QED) is 0.869. The zero-order chi connectivity index (χ0) is 13.3. The minimum Gasteiger partial charge on any atom is -0.385 e. The fourth-order valence-electron chi connectivity index (χ4n) is 1.55. The van der Waals surface area contributed by atoms with Gasteiger partial charge in [0, 0.05) is 11.3 Å². The smallest absolute Gasteiger partial charge is 0.174 e. The molecular weight excluding hydrogens is 283 g/mol. The number of hydrogen-bond acceptors (Lipinski definition) is 3. The Bertz CT molecular complexity index is 484. The lowest BCUT2D eigenvalue weighted by Gasteiger charge is -2.29. The van der Waals surface area contributed by atoms with Crippen molar-refractivity contribution in [3.63, 3.8) is 0 Å². The molecule has 2 atom stereocenters. The molecule has 96 valence electrons. The molecule has 1 aromatic rings. The van der Waals surface area contributed by atoms with E-state index in [0.717, 1.165) is 6.26 Å². The van der Waals surface area contributed by atoms with Gasteiger partial charge in [0.15, 0.2) is 14.0 Å². The Hall–Kier alpha value is -0.290. The Morgan fingerprint density at radius 3 is 2.18 bits per heavy atom. The zero-order valence-electron chi connectivity index (χ0n) is 9.52. The second-order valence-electron chi connectivity index (χ2n) is 3.87. The highest BCUT2D eigenvalue weighted by Gasteiger charge is 2.44. The molecule has 1 aromatic carbocycles. The maximum Gasteiger partial charge on any atom is 0.174 e. The van der Waals surface area contributed by atoms with Crippen molar-refractivity contribution in [1.82, 2.24) is 0 Å². The molecule has 0 aliphatic carbocycles. The topological polar surface area (TPSA) is 54.4 Å². The fraction of sp³-hybridized carbons (Fsp3) is 0.455. The summed E-state index contributed by atoms with van der Waals surface area (Å²) in [4.78, 5) is 0. The van der Waals surface area contributed by atoms with Crippen molar-refractivity contribution in [2.45, 2.75) is 23.7 Å². The molecule has 0 aliphatic heterocycles. The van der Waals surface area contributed by atoms with Gasteiger partial charge in [0.05, 0.1) is 0 Å². The molecule has 1 N–H and O–H groups in total. The van der Waals surface area contributed by atoms with Crippen LogP contribution in [0.1, 0.15) is 25.0 Å². The summed E-state index contributed by atoms with van der Waals surface area (Å²) >= 11 is 11.8. The van der Waals surface area contributed by atoms with Gasteiger partial charge < -0.3 is 5.11 Å². The Balaban J connectivity index is 3.19. The van der Waals surface area contributed by atoms with E-state index in [4.69, 9.17) is 23.2 Å². The Morgan fingerprint density at radius 2 is 1.82 bits per heavy atom. The molecule has 1 rings (SSSR count). The van der Waals surface area contributed by atoms with E-state index in [0.29, 0.717) is 10.6 Å². The van der Waals surface area contributed by atoms with Gasteiger partial charge in [0.2, 0.25) is 0 Å². The summed E-state index contributed by atoms with van der Waals surface area (Å²) in [5.74, 6) is 0. The van der Waals surface area contributed by atoms with E-state index in [-0.39, 0.29) is 6.42 Å². The van der Waals surface area contributed by atoms with Gasteiger partial charge in [0.25, 0.3) is 0 Å². The molecular formula is C11H14Cl2O3S. The average Bonchev–Trinajstić information content (AvgIpc) is 2.26. The number of aliphatic hydroxyl groups excluding tert-OH is 1. The summed E-state index contributed by atoms with van der Waals surface area (Å²) < 4.78 is 21.6. The van der Waals surface area contributed by atoms with Crippen LogP contribution in [0.4, 0.5) is 0 Å². The molecule has 0 aliphatic rings. The largest absolute Gasteiger partial charge is 0.385 e. The molecule has 0 fully saturated rings. The highest BCUT2D eigenvalue weighted by atomic mass is 35.5. The number of alkyl halides is 1. The van der Waals surface area contributed by atoms with Crippen molar-refractivity contribution in [2.75, 3.05) is 6.26 Å². The zero-order valence-corrected chi connectivity index (χ0v) is 11.9. The first kappa shape index (κ1) is 14.8. The molecule has 0 heterocycles. The third-order valence-electron chi connectivity index (χ3n) is 2.69. The highest BCUT2D eigenvalue weighted by Crippen LogP contribution is 2.39. The summed E-state index contributed by atoms with van der Waals surface area (Å²) in [6.45, 7) is 1.62. The van der Waals surface area contributed by atoms with Crippen molar-refractivity contribution in [3.8, 4) is 0 Å². The van der Waals surface area contributed by atoms with E-state index in [1.807, 2.05) is 0 Å². The van der Waals surface area contributed by atoms with E-state index >= 15 is 0 Å². The maximum absolute atomic E-state index is 11.6. The predicted molar refractivity (Wildman–Crippen MR) is 70.1 cm³/mol. The lowest BCUT2D eigenvalue weighted by atomic mass is 10.0. The molecule has 0 unspecified atom stereocenters. The predicted octanol–water partition coefficient (Wildman–Crippen LogP) is 2.76. The molecule has 0 saturated carbocycles. The van der Waals surface area contributed by atoms with Crippen LogP contribution in [0.25, 0.3) is 0 Å². The molecule has 0 bridgehead atoms. The number of benzene rings is 1. The minimum absolute atomic E-state index is 0.108. The van der Waals surface area contributed by atoms with Crippen molar-refractivity contribution < 1.29 is 13.5 Å². The lowest BCUT2D eigenvalue weighted by molar-refractivity contribution is 0.155. The normalized spacial score (nSPS) is 17.5. The second-order valence-corrected chi connectivity index (χ2v) is 7.47. The van der Waals surface area contributed by atoms with Crippen LogP contribution >= 0.6 is 23.2 Å². The first-order chi connectivity index (χ1) is 7.72. The van der Waals surface area contributed by atoms with Crippen molar-refractivity contribution in [1.29, 1.82) is 0 Å². The van der Waals surface area contributed by atoms with Gasteiger partial charge in [0.1, 0.15) is 6.10 Å². The van der Waals surface area contributed by atoms with Crippen LogP contribution in [0, 0.1) is 0 Å². The monoisotopic (exact) mass is 296 g/mol. The first-order valence-electron chi connectivity index (χ1n) is 5.04. The van der Waals surface area contributed by atoms with Crippen LogP contribution in [0.5, 0.6) is 0 Å². The molecule has 6 heteroatoms. The van der Waals surface area contributed by atoms with Crippen molar-refractivity contribution in [2.24, 2.45) is 0 Å². The molecule has 0 saturated heterocycles. The first-order valence-corrected chi connectivity index (χ1v) is 7.69. The molecule has 3 nitrogen and oxygen atoms in total. The lowest BCUT2D eigenvalue weighted by Crippen LogP contribution is -2.37. The van der Waals surface area contributed by atoms with Gasteiger partial charge in [-0.3, -0.25) is 0 Å². The van der Waals surface area contributed by atoms with Gasteiger partial charge in [-0.1, -0.05) is 42.3 Å². The number of hydrogen-bond donors (Lipinski definition) is 1. The molecule has 0 radical (unpaired) electrons. The van der Waals surface area contributed by atoms with E-state index in [9.17, 15) is 13.5 Å². The average molecular weight is 297 g/mol. The van der Waals surface area contributed by atoms with Crippen molar-refractivity contribution in [3.05, 3.63) is 34.9 Å². The fourth-order valence-corrected chi connectivity index (χ4v) is 2.87. The van der Waals surface area contributed by atoms with Gasteiger partial charge >= 0.3 is 0 Å². The van der Waals surface area contributed by atoms with Gasteiger partial charge in [-0.15, -0.1) is 0 Å².